The number of nitrogens with zero attached hydrogens (tertiary/aromatic N) is 2. The maximum atomic E-state index is 11.4. The van der Waals surface area contributed by atoms with Gasteiger partial charge in [0, 0.05) is 32.4 Å². The van der Waals surface area contributed by atoms with Crippen molar-refractivity contribution >= 4 is 11.9 Å². The van der Waals surface area contributed by atoms with Crippen LogP contribution in [0, 0.1) is 5.92 Å². The molecule has 0 aliphatic rings. The Morgan fingerprint density at radius 2 is 2.24 bits per heavy atom. The number of carbonyl (C=O) groups excluding carboxylic acids is 1. The van der Waals surface area contributed by atoms with Crippen molar-refractivity contribution in [2.75, 3.05) is 6.54 Å². The summed E-state index contributed by atoms with van der Waals surface area (Å²) in [6.07, 6.45) is 3.32. The highest BCUT2D eigenvalue weighted by Crippen LogP contribution is 2.07. The Bertz CT molecular complexity index is 392. The highest BCUT2D eigenvalue weighted by atomic mass is 16.4. The quantitative estimate of drug-likeness (QED) is 0.832. The van der Waals surface area contributed by atoms with E-state index in [9.17, 15) is 9.59 Å². The standard InChI is InChI=1S/C12H16N2O3/c1-9(12(16)17)7-14(10(2)15)8-11-4-3-5-13-6-11/h3-6,9H,7-8H2,1-2H3,(H,16,17). The van der Waals surface area contributed by atoms with Crippen LogP contribution in [0.3, 0.4) is 0 Å². The molecule has 1 unspecified atom stereocenters. The molecule has 1 N–H and O–H groups in total. The minimum Gasteiger partial charge on any atom is -0.481 e. The molecular formula is C12H16N2O3. The molecule has 0 fully saturated rings. The van der Waals surface area contributed by atoms with Crippen LogP contribution in [-0.2, 0) is 16.1 Å². The van der Waals surface area contributed by atoms with E-state index in [0.717, 1.165) is 5.56 Å². The summed E-state index contributed by atoms with van der Waals surface area (Å²) in [5.74, 6) is -1.61. The number of aliphatic carboxylic acids is 1. The van der Waals surface area contributed by atoms with Gasteiger partial charge in [0.1, 0.15) is 0 Å². The number of aromatic nitrogens is 1. The average Bonchev–Trinajstić information content (AvgIpc) is 2.29. The summed E-state index contributed by atoms with van der Waals surface area (Å²) in [6.45, 7) is 3.62. The van der Waals surface area contributed by atoms with Gasteiger partial charge in [0.05, 0.1) is 5.92 Å². The Balaban J connectivity index is 2.67. The van der Waals surface area contributed by atoms with Crippen molar-refractivity contribution in [1.82, 2.24) is 9.88 Å². The molecule has 0 saturated heterocycles. The number of amides is 1. The molecule has 92 valence electrons. The van der Waals surface area contributed by atoms with Crippen molar-refractivity contribution in [2.24, 2.45) is 5.92 Å². The third-order valence-corrected chi connectivity index (χ3v) is 2.46. The van der Waals surface area contributed by atoms with Crippen molar-refractivity contribution in [2.45, 2.75) is 20.4 Å². The molecule has 1 atom stereocenters. The van der Waals surface area contributed by atoms with E-state index in [1.807, 2.05) is 6.07 Å². The Hall–Kier alpha value is -1.91. The summed E-state index contributed by atoms with van der Waals surface area (Å²) in [5, 5.41) is 8.83. The minimum absolute atomic E-state index is 0.137. The first-order valence-corrected chi connectivity index (χ1v) is 5.38. The molecule has 1 heterocycles. The Morgan fingerprint density at radius 3 is 2.71 bits per heavy atom. The van der Waals surface area contributed by atoms with Crippen molar-refractivity contribution in [3.8, 4) is 0 Å². The molecule has 0 radical (unpaired) electrons. The molecule has 0 aliphatic heterocycles. The largest absolute Gasteiger partial charge is 0.481 e. The smallest absolute Gasteiger partial charge is 0.308 e. The Morgan fingerprint density at radius 1 is 1.53 bits per heavy atom. The summed E-state index contributed by atoms with van der Waals surface area (Å²) in [7, 11) is 0. The van der Waals surface area contributed by atoms with Crippen LogP contribution >= 0.6 is 0 Å². The lowest BCUT2D eigenvalue weighted by molar-refractivity contribution is -0.142. The van der Waals surface area contributed by atoms with Gasteiger partial charge in [-0.15, -0.1) is 0 Å². The maximum Gasteiger partial charge on any atom is 0.308 e. The van der Waals surface area contributed by atoms with E-state index in [1.165, 1.54) is 11.8 Å². The molecular weight excluding hydrogens is 220 g/mol. The van der Waals surface area contributed by atoms with Crippen LogP contribution in [0.1, 0.15) is 19.4 Å². The average molecular weight is 236 g/mol. The summed E-state index contributed by atoms with van der Waals surface area (Å²) in [4.78, 5) is 27.6. The normalized spacial score (nSPS) is 11.9. The van der Waals surface area contributed by atoms with E-state index in [2.05, 4.69) is 4.98 Å². The fraction of sp³-hybridized carbons (Fsp3) is 0.417. The molecule has 0 spiro atoms. The van der Waals surface area contributed by atoms with Crippen LogP contribution in [0.5, 0.6) is 0 Å². The highest BCUT2D eigenvalue weighted by molar-refractivity contribution is 5.75. The SMILES string of the molecule is CC(=O)N(Cc1cccnc1)CC(C)C(=O)O. The van der Waals surface area contributed by atoms with Crippen molar-refractivity contribution in [3.63, 3.8) is 0 Å². The monoisotopic (exact) mass is 236 g/mol. The number of hydrogen-bond acceptors (Lipinski definition) is 3. The van der Waals surface area contributed by atoms with Gasteiger partial charge in [-0.25, -0.2) is 0 Å². The number of carboxylic acid groups (broad SMARTS) is 1. The third-order valence-electron chi connectivity index (χ3n) is 2.46. The van der Waals surface area contributed by atoms with E-state index >= 15 is 0 Å². The van der Waals surface area contributed by atoms with Gasteiger partial charge in [-0.05, 0) is 11.6 Å². The van der Waals surface area contributed by atoms with Crippen LogP contribution in [0.25, 0.3) is 0 Å². The fourth-order valence-corrected chi connectivity index (χ4v) is 1.43. The van der Waals surface area contributed by atoms with Crippen LogP contribution < -0.4 is 0 Å². The highest BCUT2D eigenvalue weighted by Gasteiger charge is 2.18. The van der Waals surface area contributed by atoms with E-state index in [0.29, 0.717) is 6.54 Å². The van der Waals surface area contributed by atoms with Gasteiger partial charge in [0.2, 0.25) is 5.91 Å². The van der Waals surface area contributed by atoms with Crippen LogP contribution in [0.2, 0.25) is 0 Å². The van der Waals surface area contributed by atoms with Gasteiger partial charge in [0.15, 0.2) is 0 Å². The lowest BCUT2D eigenvalue weighted by Gasteiger charge is -2.22. The predicted molar refractivity (Wildman–Crippen MR) is 62.1 cm³/mol. The molecule has 17 heavy (non-hydrogen) atoms. The zero-order chi connectivity index (χ0) is 12.8. The van der Waals surface area contributed by atoms with E-state index < -0.39 is 11.9 Å². The Labute approximate surface area is 100 Å². The number of carboxylic acids is 1. The first-order valence-electron chi connectivity index (χ1n) is 5.38. The lowest BCUT2D eigenvalue weighted by atomic mass is 10.1. The predicted octanol–water partition coefficient (Wildman–Crippen LogP) is 1.15. The molecule has 1 aromatic rings. The summed E-state index contributed by atoms with van der Waals surface area (Å²) < 4.78 is 0. The van der Waals surface area contributed by atoms with Gasteiger partial charge in [-0.1, -0.05) is 13.0 Å². The zero-order valence-corrected chi connectivity index (χ0v) is 9.96. The number of pyridine rings is 1. The molecule has 0 aromatic carbocycles. The first-order chi connectivity index (χ1) is 8.00. The third kappa shape index (κ3) is 4.22. The van der Waals surface area contributed by atoms with E-state index in [4.69, 9.17) is 5.11 Å². The van der Waals surface area contributed by atoms with Gasteiger partial charge in [0.25, 0.3) is 0 Å². The summed E-state index contributed by atoms with van der Waals surface area (Å²) in [6, 6.07) is 3.64. The number of hydrogen-bond donors (Lipinski definition) is 1. The molecule has 5 heteroatoms. The molecule has 1 amide bonds. The second-order valence-electron chi connectivity index (χ2n) is 4.00. The summed E-state index contributed by atoms with van der Waals surface area (Å²) in [5.41, 5.74) is 0.889. The first kappa shape index (κ1) is 13.2. The second-order valence-corrected chi connectivity index (χ2v) is 4.00. The van der Waals surface area contributed by atoms with Gasteiger partial charge < -0.3 is 10.0 Å². The van der Waals surface area contributed by atoms with Gasteiger partial charge in [-0.3, -0.25) is 14.6 Å². The van der Waals surface area contributed by atoms with Gasteiger partial charge >= 0.3 is 5.97 Å². The summed E-state index contributed by atoms with van der Waals surface area (Å²) >= 11 is 0. The molecule has 1 rings (SSSR count). The molecule has 0 aliphatic carbocycles. The second kappa shape index (κ2) is 5.98. The molecule has 0 bridgehead atoms. The minimum atomic E-state index is -0.901. The molecule has 0 saturated carbocycles. The van der Waals surface area contributed by atoms with Crippen LogP contribution in [0.15, 0.2) is 24.5 Å². The van der Waals surface area contributed by atoms with E-state index in [1.54, 1.807) is 25.4 Å². The fourth-order valence-electron chi connectivity index (χ4n) is 1.43. The topological polar surface area (TPSA) is 70.5 Å². The zero-order valence-electron chi connectivity index (χ0n) is 9.96. The molecule has 1 aromatic heterocycles. The van der Waals surface area contributed by atoms with Crippen LogP contribution in [-0.4, -0.2) is 33.4 Å². The van der Waals surface area contributed by atoms with E-state index in [-0.39, 0.29) is 12.5 Å². The number of carbonyl (C=O) groups is 2. The molecule has 5 nitrogen and oxygen atoms in total. The van der Waals surface area contributed by atoms with Crippen molar-refractivity contribution < 1.29 is 14.7 Å². The lowest BCUT2D eigenvalue weighted by Crippen LogP contribution is -2.34. The van der Waals surface area contributed by atoms with Gasteiger partial charge in [-0.2, -0.15) is 0 Å². The maximum absolute atomic E-state index is 11.4. The Kier molecular flexibility index (Phi) is 4.63. The van der Waals surface area contributed by atoms with Crippen molar-refractivity contribution in [3.05, 3.63) is 30.1 Å². The van der Waals surface area contributed by atoms with Crippen molar-refractivity contribution in [1.29, 1.82) is 0 Å². The van der Waals surface area contributed by atoms with Crippen LogP contribution in [0.4, 0.5) is 0 Å². The number of rotatable bonds is 5.